The van der Waals surface area contributed by atoms with Crippen molar-refractivity contribution in [2.45, 2.75) is 12.2 Å². The number of hydrogen-bond acceptors (Lipinski definition) is 3. The van der Waals surface area contributed by atoms with Crippen LogP contribution in [0.25, 0.3) is 0 Å². The first-order valence-corrected chi connectivity index (χ1v) is 6.56. The van der Waals surface area contributed by atoms with E-state index in [1.54, 1.807) is 0 Å². The van der Waals surface area contributed by atoms with E-state index in [4.69, 9.17) is 5.84 Å². The molecule has 0 aliphatic heterocycles. The smallest absolute Gasteiger partial charge is 0.271 e. The Labute approximate surface area is 126 Å². The SMILES string of the molecule is NNC(c1ccc(Br)c(C(F)(F)F)c1)c1ccncc1F. The lowest BCUT2D eigenvalue weighted by Gasteiger charge is -2.19. The van der Waals surface area contributed by atoms with Crippen LogP contribution in [0.5, 0.6) is 0 Å². The van der Waals surface area contributed by atoms with Crippen LogP contribution >= 0.6 is 15.9 Å². The van der Waals surface area contributed by atoms with Gasteiger partial charge in [0.15, 0.2) is 0 Å². The number of pyridine rings is 1. The Morgan fingerprint density at radius 1 is 1.24 bits per heavy atom. The second kappa shape index (κ2) is 6.08. The van der Waals surface area contributed by atoms with Crippen LogP contribution in [-0.4, -0.2) is 4.98 Å². The first-order chi connectivity index (χ1) is 9.84. The van der Waals surface area contributed by atoms with Gasteiger partial charge in [-0.3, -0.25) is 10.8 Å². The molecule has 3 N–H and O–H groups in total. The lowest BCUT2D eigenvalue weighted by atomic mass is 9.98. The Kier molecular flexibility index (Phi) is 4.60. The first-order valence-electron chi connectivity index (χ1n) is 5.76. The van der Waals surface area contributed by atoms with E-state index in [-0.39, 0.29) is 15.6 Å². The summed E-state index contributed by atoms with van der Waals surface area (Å²) in [5.74, 6) is 4.72. The molecule has 112 valence electrons. The zero-order valence-corrected chi connectivity index (χ0v) is 12.0. The maximum absolute atomic E-state index is 13.7. The number of alkyl halides is 3. The Morgan fingerprint density at radius 2 is 1.95 bits per heavy atom. The molecule has 0 aliphatic rings. The Morgan fingerprint density at radius 3 is 2.52 bits per heavy atom. The summed E-state index contributed by atoms with van der Waals surface area (Å²) < 4.78 is 52.4. The summed E-state index contributed by atoms with van der Waals surface area (Å²) in [4.78, 5) is 3.60. The third-order valence-electron chi connectivity index (χ3n) is 2.91. The molecule has 3 nitrogen and oxygen atoms in total. The van der Waals surface area contributed by atoms with Gasteiger partial charge in [0, 0.05) is 16.2 Å². The van der Waals surface area contributed by atoms with Crippen LogP contribution in [0, 0.1) is 5.82 Å². The fourth-order valence-corrected chi connectivity index (χ4v) is 2.40. The number of aromatic nitrogens is 1. The van der Waals surface area contributed by atoms with Gasteiger partial charge in [-0.05, 0) is 23.8 Å². The summed E-state index contributed by atoms with van der Waals surface area (Å²) in [7, 11) is 0. The molecule has 0 radical (unpaired) electrons. The second-order valence-corrected chi connectivity index (χ2v) is 5.09. The summed E-state index contributed by atoms with van der Waals surface area (Å²) in [6.45, 7) is 0. The van der Waals surface area contributed by atoms with E-state index in [1.165, 1.54) is 24.4 Å². The monoisotopic (exact) mass is 363 g/mol. The summed E-state index contributed by atoms with van der Waals surface area (Å²) >= 11 is 2.85. The highest BCUT2D eigenvalue weighted by Gasteiger charge is 2.34. The normalized spacial score (nSPS) is 13.2. The van der Waals surface area contributed by atoms with Crippen molar-refractivity contribution < 1.29 is 17.6 Å². The highest BCUT2D eigenvalue weighted by atomic mass is 79.9. The van der Waals surface area contributed by atoms with Crippen LogP contribution in [0.3, 0.4) is 0 Å². The zero-order chi connectivity index (χ0) is 15.6. The molecular formula is C13H10BrF4N3. The molecule has 0 bridgehead atoms. The average molecular weight is 364 g/mol. The van der Waals surface area contributed by atoms with Crippen LogP contribution < -0.4 is 11.3 Å². The van der Waals surface area contributed by atoms with Gasteiger partial charge in [-0.15, -0.1) is 0 Å². The van der Waals surface area contributed by atoms with Gasteiger partial charge in [0.05, 0.1) is 17.8 Å². The number of nitrogens with one attached hydrogen (secondary N) is 1. The first kappa shape index (κ1) is 15.9. The predicted molar refractivity (Wildman–Crippen MR) is 72.5 cm³/mol. The van der Waals surface area contributed by atoms with Crippen molar-refractivity contribution in [1.29, 1.82) is 0 Å². The van der Waals surface area contributed by atoms with Crippen molar-refractivity contribution in [3.63, 3.8) is 0 Å². The molecule has 0 fully saturated rings. The molecule has 2 aromatic rings. The van der Waals surface area contributed by atoms with Crippen molar-refractivity contribution in [3.05, 3.63) is 63.6 Å². The standard InChI is InChI=1S/C13H10BrF4N3/c14-10-2-1-7(5-9(10)13(16,17)18)12(21-19)8-3-4-20-6-11(8)15/h1-6,12,21H,19H2. The molecular weight excluding hydrogens is 354 g/mol. The van der Waals surface area contributed by atoms with Gasteiger partial charge in [0.2, 0.25) is 0 Å². The van der Waals surface area contributed by atoms with Crippen LogP contribution in [-0.2, 0) is 6.18 Å². The fourth-order valence-electron chi connectivity index (χ4n) is 1.93. The van der Waals surface area contributed by atoms with Gasteiger partial charge in [-0.1, -0.05) is 22.0 Å². The number of nitrogens with zero attached hydrogens (tertiary/aromatic N) is 1. The number of halogens is 5. The summed E-state index contributed by atoms with van der Waals surface area (Å²) in [5, 5.41) is 0. The molecule has 0 amide bonds. The largest absolute Gasteiger partial charge is 0.417 e. The molecule has 0 spiro atoms. The van der Waals surface area contributed by atoms with Gasteiger partial charge in [0.1, 0.15) is 5.82 Å². The summed E-state index contributed by atoms with van der Waals surface area (Å²) in [5.41, 5.74) is 1.78. The molecule has 1 atom stereocenters. The van der Waals surface area contributed by atoms with E-state index < -0.39 is 23.6 Å². The zero-order valence-electron chi connectivity index (χ0n) is 10.5. The van der Waals surface area contributed by atoms with E-state index in [0.717, 1.165) is 12.3 Å². The molecule has 21 heavy (non-hydrogen) atoms. The number of benzene rings is 1. The molecule has 1 aromatic carbocycles. The number of hydrazine groups is 1. The minimum absolute atomic E-state index is 0.0929. The van der Waals surface area contributed by atoms with Crippen molar-refractivity contribution in [3.8, 4) is 0 Å². The van der Waals surface area contributed by atoms with Gasteiger partial charge >= 0.3 is 6.18 Å². The van der Waals surface area contributed by atoms with Crippen LogP contribution in [0.15, 0.2) is 41.1 Å². The third kappa shape index (κ3) is 3.39. The van der Waals surface area contributed by atoms with E-state index in [0.29, 0.717) is 0 Å². The molecule has 8 heteroatoms. The number of nitrogens with two attached hydrogens (primary N) is 1. The quantitative estimate of drug-likeness (QED) is 0.498. The Bertz CT molecular complexity index is 646. The Balaban J connectivity index is 2.52. The lowest BCUT2D eigenvalue weighted by molar-refractivity contribution is -0.138. The van der Waals surface area contributed by atoms with Gasteiger partial charge in [-0.25, -0.2) is 9.82 Å². The topological polar surface area (TPSA) is 50.9 Å². The molecule has 1 unspecified atom stereocenters. The fraction of sp³-hybridized carbons (Fsp3) is 0.154. The summed E-state index contributed by atoms with van der Waals surface area (Å²) in [6, 6.07) is 4.05. The highest BCUT2D eigenvalue weighted by molar-refractivity contribution is 9.10. The van der Waals surface area contributed by atoms with Crippen molar-refractivity contribution >= 4 is 15.9 Å². The van der Waals surface area contributed by atoms with E-state index in [9.17, 15) is 17.6 Å². The van der Waals surface area contributed by atoms with Crippen molar-refractivity contribution in [2.75, 3.05) is 0 Å². The number of hydrogen-bond donors (Lipinski definition) is 2. The van der Waals surface area contributed by atoms with E-state index in [2.05, 4.69) is 26.3 Å². The maximum Gasteiger partial charge on any atom is 0.417 e. The molecule has 2 rings (SSSR count). The lowest BCUT2D eigenvalue weighted by Crippen LogP contribution is -2.29. The predicted octanol–water partition coefficient (Wildman–Crippen LogP) is 3.55. The van der Waals surface area contributed by atoms with E-state index >= 15 is 0 Å². The van der Waals surface area contributed by atoms with Crippen LogP contribution in [0.4, 0.5) is 17.6 Å². The Hall–Kier alpha value is -1.51. The van der Waals surface area contributed by atoms with Crippen molar-refractivity contribution in [1.82, 2.24) is 10.4 Å². The second-order valence-electron chi connectivity index (χ2n) is 4.23. The summed E-state index contributed by atoms with van der Waals surface area (Å²) in [6.07, 6.45) is -2.21. The van der Waals surface area contributed by atoms with Gasteiger partial charge in [-0.2, -0.15) is 13.2 Å². The minimum Gasteiger partial charge on any atom is -0.271 e. The number of rotatable bonds is 3. The van der Waals surface area contributed by atoms with Gasteiger partial charge in [0.25, 0.3) is 0 Å². The molecule has 1 aromatic heterocycles. The molecule has 0 aliphatic carbocycles. The molecule has 0 saturated carbocycles. The van der Waals surface area contributed by atoms with Crippen molar-refractivity contribution in [2.24, 2.45) is 5.84 Å². The van der Waals surface area contributed by atoms with Gasteiger partial charge < -0.3 is 0 Å². The highest BCUT2D eigenvalue weighted by Crippen LogP contribution is 2.37. The maximum atomic E-state index is 13.7. The van der Waals surface area contributed by atoms with Crippen LogP contribution in [0.1, 0.15) is 22.7 Å². The minimum atomic E-state index is -4.52. The molecule has 1 heterocycles. The van der Waals surface area contributed by atoms with Crippen LogP contribution in [0.2, 0.25) is 0 Å². The molecule has 0 saturated heterocycles. The van der Waals surface area contributed by atoms with E-state index in [1.807, 2.05) is 0 Å². The average Bonchev–Trinajstić information content (AvgIpc) is 2.42. The third-order valence-corrected chi connectivity index (χ3v) is 3.60.